The Morgan fingerprint density at radius 3 is 2.41 bits per heavy atom. The minimum absolute atomic E-state index is 0.0107. The third kappa shape index (κ3) is 5.52. The van der Waals surface area contributed by atoms with Crippen LogP contribution in [-0.4, -0.2) is 38.4 Å². The minimum atomic E-state index is -3.63. The second-order valence-corrected chi connectivity index (χ2v) is 11.8. The Morgan fingerprint density at radius 2 is 1.81 bits per heavy atom. The maximum atomic E-state index is 12.9. The summed E-state index contributed by atoms with van der Waals surface area (Å²) >= 11 is 0. The molecule has 1 heterocycles. The van der Waals surface area contributed by atoms with Crippen molar-refractivity contribution in [3.05, 3.63) is 23.8 Å². The van der Waals surface area contributed by atoms with Crippen molar-refractivity contribution in [1.82, 2.24) is 10.0 Å². The zero-order valence-corrected chi connectivity index (χ0v) is 20.7. The van der Waals surface area contributed by atoms with E-state index in [1.807, 2.05) is 20.8 Å². The van der Waals surface area contributed by atoms with E-state index in [1.165, 1.54) is 6.92 Å². The molecule has 1 unspecified atom stereocenters. The first kappa shape index (κ1) is 24.7. The van der Waals surface area contributed by atoms with Crippen molar-refractivity contribution in [2.75, 3.05) is 11.4 Å². The van der Waals surface area contributed by atoms with Crippen LogP contribution < -0.4 is 14.9 Å². The van der Waals surface area contributed by atoms with Crippen molar-refractivity contribution in [3.63, 3.8) is 0 Å². The van der Waals surface area contributed by atoms with Crippen LogP contribution in [0.25, 0.3) is 0 Å². The van der Waals surface area contributed by atoms with Gasteiger partial charge in [-0.25, -0.2) is 13.1 Å². The van der Waals surface area contributed by atoms with Gasteiger partial charge in [-0.3, -0.25) is 9.59 Å². The number of sulfonamides is 1. The van der Waals surface area contributed by atoms with E-state index in [4.69, 9.17) is 0 Å². The summed E-state index contributed by atoms with van der Waals surface area (Å²) in [6, 6.07) is 5.03. The van der Waals surface area contributed by atoms with Gasteiger partial charge in [-0.15, -0.1) is 0 Å². The SMILES string of the molecule is CCC(C)(C)NC(=O)C1CCC(CNS(=O)(=O)c2ccc3c(c2)CC(C)N3C(C)=O)CC1. The van der Waals surface area contributed by atoms with Crippen LogP contribution in [0, 0.1) is 11.8 Å². The summed E-state index contributed by atoms with van der Waals surface area (Å²) < 4.78 is 28.5. The lowest BCUT2D eigenvalue weighted by molar-refractivity contribution is -0.128. The van der Waals surface area contributed by atoms with Gasteiger partial charge in [-0.2, -0.15) is 0 Å². The maximum Gasteiger partial charge on any atom is 0.240 e. The third-order valence-electron chi connectivity index (χ3n) is 7.04. The molecule has 0 spiro atoms. The van der Waals surface area contributed by atoms with Crippen molar-refractivity contribution in [3.8, 4) is 0 Å². The second kappa shape index (κ2) is 9.51. The molecule has 2 amide bonds. The first-order chi connectivity index (χ1) is 14.9. The lowest BCUT2D eigenvalue weighted by Gasteiger charge is -2.31. The van der Waals surface area contributed by atoms with Crippen molar-refractivity contribution in [1.29, 1.82) is 0 Å². The Kier molecular flexibility index (Phi) is 7.34. The van der Waals surface area contributed by atoms with Crippen LogP contribution in [0.3, 0.4) is 0 Å². The molecule has 1 fully saturated rings. The molecule has 3 rings (SSSR count). The average molecular weight is 464 g/mol. The fraction of sp³-hybridized carbons (Fsp3) is 0.667. The highest BCUT2D eigenvalue weighted by Gasteiger charge is 2.32. The number of nitrogens with zero attached hydrogens (tertiary/aromatic N) is 1. The Bertz CT molecular complexity index is 965. The van der Waals surface area contributed by atoms with Crippen LogP contribution in [-0.2, 0) is 26.0 Å². The van der Waals surface area contributed by atoms with Crippen LogP contribution in [0.4, 0.5) is 5.69 Å². The van der Waals surface area contributed by atoms with Crippen LogP contribution >= 0.6 is 0 Å². The normalized spacial score (nSPS) is 23.7. The number of fused-ring (bicyclic) bond motifs is 1. The molecule has 1 aromatic rings. The number of benzene rings is 1. The Morgan fingerprint density at radius 1 is 1.16 bits per heavy atom. The Balaban J connectivity index is 1.55. The number of hydrogen-bond acceptors (Lipinski definition) is 4. The predicted octanol–water partition coefficient (Wildman–Crippen LogP) is 3.37. The molecular weight excluding hydrogens is 426 g/mol. The number of hydrogen-bond donors (Lipinski definition) is 2. The van der Waals surface area contributed by atoms with Gasteiger partial charge in [0.1, 0.15) is 0 Å². The van der Waals surface area contributed by atoms with E-state index >= 15 is 0 Å². The summed E-state index contributed by atoms with van der Waals surface area (Å²) in [5.74, 6) is 0.322. The van der Waals surface area contributed by atoms with E-state index < -0.39 is 10.0 Å². The van der Waals surface area contributed by atoms with Crippen LogP contribution in [0.2, 0.25) is 0 Å². The molecule has 178 valence electrons. The molecule has 1 atom stereocenters. The fourth-order valence-electron chi connectivity index (χ4n) is 4.72. The van der Waals surface area contributed by atoms with Gasteiger partial charge in [0, 0.05) is 36.7 Å². The Hall–Kier alpha value is -1.93. The zero-order chi connectivity index (χ0) is 23.7. The molecule has 0 saturated heterocycles. The minimum Gasteiger partial charge on any atom is -0.351 e. The van der Waals surface area contributed by atoms with Gasteiger partial charge in [0.05, 0.1) is 4.90 Å². The quantitative estimate of drug-likeness (QED) is 0.648. The van der Waals surface area contributed by atoms with Gasteiger partial charge in [-0.05, 0) is 89.0 Å². The van der Waals surface area contributed by atoms with Crippen molar-refractivity contribution >= 4 is 27.5 Å². The number of rotatable bonds is 7. The second-order valence-electron chi connectivity index (χ2n) is 10.0. The van der Waals surface area contributed by atoms with Gasteiger partial charge in [0.25, 0.3) is 0 Å². The highest BCUT2D eigenvalue weighted by molar-refractivity contribution is 7.89. The summed E-state index contributed by atoms with van der Waals surface area (Å²) in [5.41, 5.74) is 1.49. The summed E-state index contributed by atoms with van der Waals surface area (Å²) in [4.78, 5) is 26.4. The highest BCUT2D eigenvalue weighted by Crippen LogP contribution is 2.34. The van der Waals surface area contributed by atoms with Gasteiger partial charge in [0.2, 0.25) is 21.8 Å². The van der Waals surface area contributed by atoms with E-state index in [-0.39, 0.29) is 40.1 Å². The summed E-state index contributed by atoms with van der Waals surface area (Å²) in [7, 11) is -3.63. The molecular formula is C24H37N3O4S. The summed E-state index contributed by atoms with van der Waals surface area (Å²) in [5, 5.41) is 3.13. The average Bonchev–Trinajstić information content (AvgIpc) is 3.07. The Labute approximate surface area is 192 Å². The molecule has 1 aliphatic heterocycles. The van der Waals surface area contributed by atoms with E-state index in [0.717, 1.165) is 43.4 Å². The summed E-state index contributed by atoms with van der Waals surface area (Å²) in [6.07, 6.45) is 4.78. The molecule has 0 radical (unpaired) electrons. The van der Waals surface area contributed by atoms with Gasteiger partial charge in [0.15, 0.2) is 0 Å². The topological polar surface area (TPSA) is 95.6 Å². The fourth-order valence-corrected chi connectivity index (χ4v) is 5.88. The molecule has 8 heteroatoms. The molecule has 32 heavy (non-hydrogen) atoms. The van der Waals surface area contributed by atoms with Crippen molar-refractivity contribution in [2.45, 2.75) is 89.6 Å². The van der Waals surface area contributed by atoms with Gasteiger partial charge < -0.3 is 10.2 Å². The van der Waals surface area contributed by atoms with E-state index in [1.54, 1.807) is 23.1 Å². The molecule has 1 saturated carbocycles. The maximum absolute atomic E-state index is 12.9. The highest BCUT2D eigenvalue weighted by atomic mass is 32.2. The largest absolute Gasteiger partial charge is 0.351 e. The molecule has 1 aromatic carbocycles. The number of amides is 2. The van der Waals surface area contributed by atoms with E-state index in [0.29, 0.717) is 13.0 Å². The lowest BCUT2D eigenvalue weighted by atomic mass is 9.81. The molecule has 2 aliphatic rings. The van der Waals surface area contributed by atoms with Crippen LogP contribution in [0.15, 0.2) is 23.1 Å². The first-order valence-electron chi connectivity index (χ1n) is 11.7. The van der Waals surface area contributed by atoms with E-state index in [9.17, 15) is 18.0 Å². The van der Waals surface area contributed by atoms with E-state index in [2.05, 4.69) is 17.0 Å². The molecule has 0 bridgehead atoms. The zero-order valence-electron chi connectivity index (χ0n) is 19.9. The van der Waals surface area contributed by atoms with Crippen molar-refractivity contribution < 1.29 is 18.0 Å². The van der Waals surface area contributed by atoms with Gasteiger partial charge >= 0.3 is 0 Å². The predicted molar refractivity (Wildman–Crippen MR) is 126 cm³/mol. The molecule has 1 aliphatic carbocycles. The van der Waals surface area contributed by atoms with Crippen LogP contribution in [0.5, 0.6) is 0 Å². The molecule has 2 N–H and O–H groups in total. The smallest absolute Gasteiger partial charge is 0.240 e. The lowest BCUT2D eigenvalue weighted by Crippen LogP contribution is -2.46. The third-order valence-corrected chi connectivity index (χ3v) is 8.46. The number of nitrogens with one attached hydrogen (secondary N) is 2. The molecule has 7 nitrogen and oxygen atoms in total. The monoisotopic (exact) mass is 463 g/mol. The van der Waals surface area contributed by atoms with Crippen molar-refractivity contribution in [2.24, 2.45) is 11.8 Å². The van der Waals surface area contributed by atoms with Gasteiger partial charge in [-0.1, -0.05) is 6.92 Å². The standard InChI is InChI=1S/C24H37N3O4S/c1-6-24(4,5)26-23(29)19-9-7-18(8-10-19)15-25-32(30,31)21-11-12-22-20(14-21)13-16(2)27(22)17(3)28/h11-12,14,16,18-19,25H,6-10,13,15H2,1-5H3,(H,26,29). The molecule has 0 aromatic heterocycles. The first-order valence-corrected chi connectivity index (χ1v) is 13.2. The number of carbonyl (C=O) groups is 2. The van der Waals surface area contributed by atoms with Crippen LogP contribution in [0.1, 0.15) is 72.3 Å². The summed E-state index contributed by atoms with van der Waals surface area (Å²) in [6.45, 7) is 9.99. The number of anilines is 1. The number of carbonyl (C=O) groups excluding carboxylic acids is 2.